The molecule has 108 valence electrons. The van der Waals surface area contributed by atoms with E-state index in [4.69, 9.17) is 15.6 Å². The molecule has 0 spiro atoms. The van der Waals surface area contributed by atoms with E-state index in [0.717, 1.165) is 6.07 Å². The lowest BCUT2D eigenvalue weighted by molar-refractivity contribution is -0.385. The van der Waals surface area contributed by atoms with Gasteiger partial charge in [-0.15, -0.1) is 0 Å². The summed E-state index contributed by atoms with van der Waals surface area (Å²) in [5.74, 6) is -1.65. The van der Waals surface area contributed by atoms with E-state index in [2.05, 4.69) is 5.32 Å². The number of nitro groups is 1. The van der Waals surface area contributed by atoms with Crippen LogP contribution in [0.4, 0.5) is 5.69 Å². The highest BCUT2D eigenvalue weighted by molar-refractivity contribution is 5.95. The average Bonchev–Trinajstić information content (AvgIpc) is 2.43. The Morgan fingerprint density at radius 2 is 2.20 bits per heavy atom. The summed E-state index contributed by atoms with van der Waals surface area (Å²) in [5, 5.41) is 22.2. The zero-order chi connectivity index (χ0) is 15.3. The molecule has 1 atom stereocenters. The lowest BCUT2D eigenvalue weighted by Gasteiger charge is -2.09. The largest absolute Gasteiger partial charge is 0.490 e. The zero-order valence-electron chi connectivity index (χ0n) is 10.5. The third kappa shape index (κ3) is 3.65. The van der Waals surface area contributed by atoms with Gasteiger partial charge in [0.15, 0.2) is 5.75 Å². The molecule has 0 saturated carbocycles. The first-order valence-electron chi connectivity index (χ1n) is 5.44. The molecule has 0 heterocycles. The van der Waals surface area contributed by atoms with Gasteiger partial charge in [-0.05, 0) is 12.1 Å². The standard InChI is InChI=1S/C11H13N3O6/c1-20-9-3-2-6(4-7(9)14(18)19)11(17)13-5-8(15)10(12)16/h2-4,8,15H,5H2,1H3,(H2,12,16)(H,13,17). The lowest BCUT2D eigenvalue weighted by atomic mass is 10.1. The van der Waals surface area contributed by atoms with Crippen molar-refractivity contribution in [3.63, 3.8) is 0 Å². The smallest absolute Gasteiger partial charge is 0.311 e. The third-order valence-corrected chi connectivity index (χ3v) is 2.42. The van der Waals surface area contributed by atoms with Gasteiger partial charge < -0.3 is 20.9 Å². The van der Waals surface area contributed by atoms with E-state index in [9.17, 15) is 19.7 Å². The Hall–Kier alpha value is -2.68. The molecule has 0 saturated heterocycles. The molecule has 2 amide bonds. The molecule has 1 unspecified atom stereocenters. The number of nitrogens with two attached hydrogens (primary N) is 1. The predicted octanol–water partition coefficient (Wildman–Crippen LogP) is -0.821. The van der Waals surface area contributed by atoms with Gasteiger partial charge in [-0.2, -0.15) is 0 Å². The predicted molar refractivity (Wildman–Crippen MR) is 67.2 cm³/mol. The fourth-order valence-corrected chi connectivity index (χ4v) is 1.37. The van der Waals surface area contributed by atoms with E-state index in [1.54, 1.807) is 0 Å². The van der Waals surface area contributed by atoms with Crippen LogP contribution in [0.25, 0.3) is 0 Å². The quantitative estimate of drug-likeness (QED) is 0.459. The highest BCUT2D eigenvalue weighted by Crippen LogP contribution is 2.27. The van der Waals surface area contributed by atoms with Crippen molar-refractivity contribution < 1.29 is 24.4 Å². The number of carbonyl (C=O) groups excluding carboxylic acids is 2. The molecule has 20 heavy (non-hydrogen) atoms. The number of primary amides is 1. The Kier molecular flexibility index (Phi) is 4.98. The monoisotopic (exact) mass is 283 g/mol. The second kappa shape index (κ2) is 6.48. The van der Waals surface area contributed by atoms with Gasteiger partial charge in [0.2, 0.25) is 5.91 Å². The molecule has 9 nitrogen and oxygen atoms in total. The molecule has 0 fully saturated rings. The zero-order valence-corrected chi connectivity index (χ0v) is 10.5. The van der Waals surface area contributed by atoms with Gasteiger partial charge in [-0.1, -0.05) is 0 Å². The minimum absolute atomic E-state index is 0.00540. The second-order valence-corrected chi connectivity index (χ2v) is 3.77. The number of hydrogen-bond donors (Lipinski definition) is 3. The maximum atomic E-state index is 11.7. The van der Waals surface area contributed by atoms with Gasteiger partial charge in [0.25, 0.3) is 5.91 Å². The summed E-state index contributed by atoms with van der Waals surface area (Å²) in [6.45, 7) is -0.381. The lowest BCUT2D eigenvalue weighted by Crippen LogP contribution is -2.39. The van der Waals surface area contributed by atoms with Crippen molar-refractivity contribution in [3.05, 3.63) is 33.9 Å². The van der Waals surface area contributed by atoms with E-state index >= 15 is 0 Å². The summed E-state index contributed by atoms with van der Waals surface area (Å²) in [4.78, 5) is 32.4. The van der Waals surface area contributed by atoms with E-state index in [1.807, 2.05) is 0 Å². The average molecular weight is 283 g/mol. The molecule has 1 rings (SSSR count). The fraction of sp³-hybridized carbons (Fsp3) is 0.273. The Balaban J connectivity index is 2.86. The van der Waals surface area contributed by atoms with E-state index in [1.165, 1.54) is 19.2 Å². The van der Waals surface area contributed by atoms with E-state index in [-0.39, 0.29) is 23.5 Å². The van der Waals surface area contributed by atoms with Gasteiger partial charge >= 0.3 is 5.69 Å². The molecule has 4 N–H and O–H groups in total. The number of hydrogen-bond acceptors (Lipinski definition) is 6. The minimum atomic E-state index is -1.52. The second-order valence-electron chi connectivity index (χ2n) is 3.77. The Bertz CT molecular complexity index is 545. The van der Waals surface area contributed by atoms with Crippen LogP contribution in [0, 0.1) is 10.1 Å². The van der Waals surface area contributed by atoms with Crippen LogP contribution in [-0.4, -0.2) is 41.6 Å². The molecule has 9 heteroatoms. The number of nitro benzene ring substituents is 1. The SMILES string of the molecule is COc1ccc(C(=O)NCC(O)C(N)=O)cc1[N+](=O)[O-]. The number of aliphatic hydroxyl groups is 1. The number of aliphatic hydroxyl groups excluding tert-OH is 1. The van der Waals surface area contributed by atoms with Crippen molar-refractivity contribution in [1.29, 1.82) is 0 Å². The maximum Gasteiger partial charge on any atom is 0.311 e. The molecule has 0 radical (unpaired) electrons. The highest BCUT2D eigenvalue weighted by atomic mass is 16.6. The van der Waals surface area contributed by atoms with Gasteiger partial charge in [0.1, 0.15) is 6.10 Å². The molecule has 1 aromatic carbocycles. The van der Waals surface area contributed by atoms with Crippen LogP contribution >= 0.6 is 0 Å². The first-order chi connectivity index (χ1) is 9.36. The van der Waals surface area contributed by atoms with Gasteiger partial charge in [0, 0.05) is 11.6 Å². The van der Waals surface area contributed by atoms with Gasteiger partial charge in [-0.3, -0.25) is 19.7 Å². The van der Waals surface area contributed by atoms with Crippen LogP contribution in [0.3, 0.4) is 0 Å². The molecular weight excluding hydrogens is 270 g/mol. The normalized spacial score (nSPS) is 11.5. The minimum Gasteiger partial charge on any atom is -0.490 e. The van der Waals surface area contributed by atoms with Crippen LogP contribution < -0.4 is 15.8 Å². The van der Waals surface area contributed by atoms with Crippen molar-refractivity contribution in [2.24, 2.45) is 5.73 Å². The van der Waals surface area contributed by atoms with Crippen molar-refractivity contribution in [1.82, 2.24) is 5.32 Å². The van der Waals surface area contributed by atoms with Crippen LogP contribution in [0.1, 0.15) is 10.4 Å². The number of nitrogens with zero attached hydrogens (tertiary/aromatic N) is 1. The number of nitrogens with one attached hydrogen (secondary N) is 1. The summed E-state index contributed by atoms with van der Waals surface area (Å²) in [6, 6.07) is 3.63. The molecular formula is C11H13N3O6. The Labute approximate surface area is 113 Å². The molecule has 0 aliphatic carbocycles. The van der Waals surface area contributed by atoms with Crippen LogP contribution in [0.5, 0.6) is 5.75 Å². The molecule has 0 aliphatic heterocycles. The van der Waals surface area contributed by atoms with Crippen molar-refractivity contribution >= 4 is 17.5 Å². The van der Waals surface area contributed by atoms with Crippen molar-refractivity contribution in [3.8, 4) is 5.75 Å². The number of benzene rings is 1. The molecule has 0 aromatic heterocycles. The van der Waals surface area contributed by atoms with Crippen LogP contribution in [-0.2, 0) is 4.79 Å². The first-order valence-corrected chi connectivity index (χ1v) is 5.44. The summed E-state index contributed by atoms with van der Waals surface area (Å²) in [6.07, 6.45) is -1.52. The fourth-order valence-electron chi connectivity index (χ4n) is 1.37. The number of ether oxygens (including phenoxy) is 1. The van der Waals surface area contributed by atoms with Gasteiger partial charge in [0.05, 0.1) is 18.6 Å². The topological polar surface area (TPSA) is 145 Å². The van der Waals surface area contributed by atoms with E-state index in [0.29, 0.717) is 0 Å². The van der Waals surface area contributed by atoms with Crippen molar-refractivity contribution in [2.45, 2.75) is 6.10 Å². The van der Waals surface area contributed by atoms with Crippen LogP contribution in [0.15, 0.2) is 18.2 Å². The molecule has 0 bridgehead atoms. The number of rotatable bonds is 6. The van der Waals surface area contributed by atoms with Crippen molar-refractivity contribution in [2.75, 3.05) is 13.7 Å². The highest BCUT2D eigenvalue weighted by Gasteiger charge is 2.19. The third-order valence-electron chi connectivity index (χ3n) is 2.42. The Morgan fingerprint density at radius 1 is 1.55 bits per heavy atom. The summed E-state index contributed by atoms with van der Waals surface area (Å²) in [5.41, 5.74) is 4.45. The summed E-state index contributed by atoms with van der Waals surface area (Å²) >= 11 is 0. The molecule has 1 aromatic rings. The number of carbonyl (C=O) groups is 2. The van der Waals surface area contributed by atoms with Crippen LogP contribution in [0.2, 0.25) is 0 Å². The first kappa shape index (κ1) is 15.4. The number of amides is 2. The number of methoxy groups -OCH3 is 1. The Morgan fingerprint density at radius 3 is 2.70 bits per heavy atom. The summed E-state index contributed by atoms with van der Waals surface area (Å²) in [7, 11) is 1.27. The maximum absolute atomic E-state index is 11.7. The summed E-state index contributed by atoms with van der Waals surface area (Å²) < 4.78 is 4.80. The molecule has 0 aliphatic rings. The van der Waals surface area contributed by atoms with Gasteiger partial charge in [-0.25, -0.2) is 0 Å². The van der Waals surface area contributed by atoms with E-state index < -0.39 is 22.8 Å².